The van der Waals surface area contributed by atoms with E-state index in [9.17, 15) is 4.79 Å². The van der Waals surface area contributed by atoms with Gasteiger partial charge < -0.3 is 15.0 Å². The van der Waals surface area contributed by atoms with Crippen LogP contribution in [0.4, 0.5) is 0 Å². The first kappa shape index (κ1) is 16.8. The van der Waals surface area contributed by atoms with Crippen LogP contribution in [0.15, 0.2) is 24.3 Å². The van der Waals surface area contributed by atoms with E-state index in [1.54, 1.807) is 7.11 Å². The Labute approximate surface area is 126 Å². The summed E-state index contributed by atoms with van der Waals surface area (Å²) in [6, 6.07) is 8.23. The van der Waals surface area contributed by atoms with E-state index < -0.39 is 0 Å². The van der Waals surface area contributed by atoms with Crippen LogP contribution < -0.4 is 10.1 Å². The van der Waals surface area contributed by atoms with Gasteiger partial charge in [-0.1, -0.05) is 18.2 Å². The summed E-state index contributed by atoms with van der Waals surface area (Å²) < 4.78 is 5.30. The van der Waals surface area contributed by atoms with Crippen LogP contribution in [-0.4, -0.2) is 44.1 Å². The highest BCUT2D eigenvalue weighted by Crippen LogP contribution is 2.19. The van der Waals surface area contributed by atoms with Crippen molar-refractivity contribution in [3.05, 3.63) is 29.8 Å². The summed E-state index contributed by atoms with van der Waals surface area (Å²) in [4.78, 5) is 14.0. The van der Waals surface area contributed by atoms with Crippen molar-refractivity contribution < 1.29 is 9.53 Å². The van der Waals surface area contributed by atoms with E-state index in [1.165, 1.54) is 0 Å². The second-order valence-corrected chi connectivity index (χ2v) is 4.96. The molecule has 1 fully saturated rings. The van der Waals surface area contributed by atoms with Crippen LogP contribution in [0.5, 0.6) is 5.75 Å². The second-order valence-electron chi connectivity index (χ2n) is 4.96. The maximum absolute atomic E-state index is 12.2. The van der Waals surface area contributed by atoms with Crippen LogP contribution in [0.2, 0.25) is 0 Å². The number of methoxy groups -OCH3 is 1. The molecule has 1 aromatic rings. The molecular weight excluding hydrogens is 276 g/mol. The van der Waals surface area contributed by atoms with Crippen molar-refractivity contribution in [2.75, 3.05) is 27.2 Å². The predicted molar refractivity (Wildman–Crippen MR) is 82.6 cm³/mol. The van der Waals surface area contributed by atoms with Crippen molar-refractivity contribution in [3.8, 4) is 5.75 Å². The molecule has 0 aliphatic carbocycles. The number of nitrogens with one attached hydrogen (secondary N) is 1. The third-order valence-electron chi connectivity index (χ3n) is 3.78. The standard InChI is InChI=1S/C15H22N2O2.ClH/c1-17(13-9-10-16-11-13)15(18)8-7-12-5-3-4-6-14(12)19-2;/h3-6,13,16H,7-11H2,1-2H3;1H. The van der Waals surface area contributed by atoms with E-state index in [0.29, 0.717) is 12.5 Å². The fourth-order valence-corrected chi connectivity index (χ4v) is 2.50. The van der Waals surface area contributed by atoms with Crippen molar-refractivity contribution in [2.45, 2.75) is 25.3 Å². The number of rotatable bonds is 5. The van der Waals surface area contributed by atoms with Crippen molar-refractivity contribution >= 4 is 18.3 Å². The Morgan fingerprint density at radius 3 is 2.85 bits per heavy atom. The molecule has 1 N–H and O–H groups in total. The number of hydrogen-bond acceptors (Lipinski definition) is 3. The van der Waals surface area contributed by atoms with E-state index in [0.717, 1.165) is 37.2 Å². The molecular formula is C15H23ClN2O2. The summed E-state index contributed by atoms with van der Waals surface area (Å²) >= 11 is 0. The lowest BCUT2D eigenvalue weighted by molar-refractivity contribution is -0.131. The van der Waals surface area contributed by atoms with Gasteiger partial charge in [0.05, 0.1) is 7.11 Å². The maximum atomic E-state index is 12.2. The summed E-state index contributed by atoms with van der Waals surface area (Å²) in [5.41, 5.74) is 1.09. The first-order chi connectivity index (χ1) is 9.22. The van der Waals surface area contributed by atoms with Gasteiger partial charge in [-0.2, -0.15) is 0 Å². The molecule has 0 spiro atoms. The number of amides is 1. The smallest absolute Gasteiger partial charge is 0.222 e. The average Bonchev–Trinajstić information content (AvgIpc) is 2.98. The minimum Gasteiger partial charge on any atom is -0.496 e. The summed E-state index contributed by atoms with van der Waals surface area (Å²) in [6.07, 6.45) is 2.32. The number of ether oxygens (including phenoxy) is 1. The van der Waals surface area contributed by atoms with Gasteiger partial charge in [0.2, 0.25) is 5.91 Å². The third kappa shape index (κ3) is 4.12. The lowest BCUT2D eigenvalue weighted by atomic mass is 10.1. The Morgan fingerprint density at radius 2 is 2.20 bits per heavy atom. The van der Waals surface area contributed by atoms with E-state index >= 15 is 0 Å². The van der Waals surface area contributed by atoms with Crippen LogP contribution >= 0.6 is 12.4 Å². The molecule has 1 saturated heterocycles. The quantitative estimate of drug-likeness (QED) is 0.902. The number of aryl methyl sites for hydroxylation is 1. The lowest BCUT2D eigenvalue weighted by Crippen LogP contribution is -2.38. The molecule has 1 aliphatic rings. The van der Waals surface area contributed by atoms with Crippen LogP contribution in [0.3, 0.4) is 0 Å². The zero-order chi connectivity index (χ0) is 13.7. The van der Waals surface area contributed by atoms with Crippen LogP contribution in [0.1, 0.15) is 18.4 Å². The molecule has 1 unspecified atom stereocenters. The number of para-hydroxylation sites is 1. The van der Waals surface area contributed by atoms with Crippen molar-refractivity contribution in [1.82, 2.24) is 10.2 Å². The molecule has 20 heavy (non-hydrogen) atoms. The van der Waals surface area contributed by atoms with Crippen LogP contribution in [0.25, 0.3) is 0 Å². The summed E-state index contributed by atoms with van der Waals surface area (Å²) in [6.45, 7) is 1.92. The van der Waals surface area contributed by atoms with Crippen molar-refractivity contribution in [1.29, 1.82) is 0 Å². The van der Waals surface area contributed by atoms with E-state index in [-0.39, 0.29) is 18.3 Å². The average molecular weight is 299 g/mol. The van der Waals surface area contributed by atoms with Gasteiger partial charge in [-0.3, -0.25) is 4.79 Å². The molecule has 1 amide bonds. The number of hydrogen-bond donors (Lipinski definition) is 1. The molecule has 0 saturated carbocycles. The summed E-state index contributed by atoms with van der Waals surface area (Å²) in [5, 5.41) is 3.29. The largest absolute Gasteiger partial charge is 0.496 e. The number of benzene rings is 1. The monoisotopic (exact) mass is 298 g/mol. The Bertz CT molecular complexity index is 434. The molecule has 112 valence electrons. The molecule has 1 atom stereocenters. The maximum Gasteiger partial charge on any atom is 0.222 e. The molecule has 2 rings (SSSR count). The second kappa shape index (κ2) is 8.12. The Morgan fingerprint density at radius 1 is 1.45 bits per heavy atom. The fraction of sp³-hybridized carbons (Fsp3) is 0.533. The zero-order valence-corrected chi connectivity index (χ0v) is 12.9. The molecule has 0 radical (unpaired) electrons. The van der Waals surface area contributed by atoms with Crippen molar-refractivity contribution in [3.63, 3.8) is 0 Å². The Balaban J connectivity index is 0.00000200. The Hall–Kier alpha value is -1.26. The Kier molecular flexibility index (Phi) is 6.82. The fourth-order valence-electron chi connectivity index (χ4n) is 2.50. The van der Waals surface area contributed by atoms with Gasteiger partial charge in [-0.15, -0.1) is 12.4 Å². The molecule has 4 nitrogen and oxygen atoms in total. The van der Waals surface area contributed by atoms with Crippen LogP contribution in [0, 0.1) is 0 Å². The predicted octanol–water partition coefficient (Wildman–Crippen LogP) is 1.87. The SMILES string of the molecule is COc1ccccc1CCC(=O)N(C)C1CCNC1.Cl. The van der Waals surface area contributed by atoms with Gasteiger partial charge in [0, 0.05) is 26.1 Å². The minimum atomic E-state index is 0. The summed E-state index contributed by atoms with van der Waals surface area (Å²) in [5.74, 6) is 1.07. The number of halogens is 1. The minimum absolute atomic E-state index is 0. The number of nitrogens with zero attached hydrogens (tertiary/aromatic N) is 1. The van der Waals surface area contributed by atoms with E-state index in [1.807, 2.05) is 36.2 Å². The molecule has 0 bridgehead atoms. The zero-order valence-electron chi connectivity index (χ0n) is 12.1. The number of likely N-dealkylation sites (N-methyl/N-ethyl adjacent to an activating group) is 1. The lowest BCUT2D eigenvalue weighted by Gasteiger charge is -2.23. The molecule has 5 heteroatoms. The highest BCUT2D eigenvalue weighted by molar-refractivity contribution is 5.85. The number of carbonyl (C=O) groups is 1. The van der Waals surface area contributed by atoms with Gasteiger partial charge in [0.25, 0.3) is 0 Å². The van der Waals surface area contributed by atoms with Gasteiger partial charge in [-0.05, 0) is 31.0 Å². The first-order valence-electron chi connectivity index (χ1n) is 6.80. The van der Waals surface area contributed by atoms with Gasteiger partial charge in [-0.25, -0.2) is 0 Å². The number of carbonyl (C=O) groups excluding carboxylic acids is 1. The normalized spacial score (nSPS) is 17.4. The van der Waals surface area contributed by atoms with E-state index in [2.05, 4.69) is 5.32 Å². The van der Waals surface area contributed by atoms with Crippen molar-refractivity contribution in [2.24, 2.45) is 0 Å². The molecule has 0 aromatic heterocycles. The molecule has 1 aliphatic heterocycles. The first-order valence-corrected chi connectivity index (χ1v) is 6.80. The van der Waals surface area contributed by atoms with Gasteiger partial charge in [0.15, 0.2) is 0 Å². The third-order valence-corrected chi connectivity index (χ3v) is 3.78. The van der Waals surface area contributed by atoms with Crippen LogP contribution in [-0.2, 0) is 11.2 Å². The highest BCUT2D eigenvalue weighted by Gasteiger charge is 2.22. The van der Waals surface area contributed by atoms with Gasteiger partial charge >= 0.3 is 0 Å². The topological polar surface area (TPSA) is 41.6 Å². The molecule has 1 aromatic carbocycles. The summed E-state index contributed by atoms with van der Waals surface area (Å²) in [7, 11) is 3.57. The van der Waals surface area contributed by atoms with Gasteiger partial charge in [0.1, 0.15) is 5.75 Å². The van der Waals surface area contributed by atoms with E-state index in [4.69, 9.17) is 4.74 Å². The molecule has 1 heterocycles. The highest BCUT2D eigenvalue weighted by atomic mass is 35.5.